The largest absolute Gasteiger partial charge is 0.418 e. The van der Waals surface area contributed by atoms with Crippen LogP contribution in [0.1, 0.15) is 5.56 Å². The number of halogens is 6. The first-order valence-corrected chi connectivity index (χ1v) is 6.90. The van der Waals surface area contributed by atoms with E-state index in [4.69, 9.17) is 11.6 Å². The molecular weight excluding hydrogens is 353 g/mol. The van der Waals surface area contributed by atoms with Gasteiger partial charge in [0.05, 0.1) is 16.8 Å². The second-order valence-electron chi connectivity index (χ2n) is 4.73. The Morgan fingerprint density at radius 2 is 1.54 bits per heavy atom. The zero-order valence-electron chi connectivity index (χ0n) is 11.7. The predicted octanol–water partition coefficient (Wildman–Crippen LogP) is 4.88. The maximum atomic E-state index is 13.8. The third kappa shape index (κ3) is 2.84. The minimum absolute atomic E-state index is 0.398. The highest BCUT2D eigenvalue weighted by atomic mass is 35.5. The lowest BCUT2D eigenvalue weighted by Crippen LogP contribution is -2.11. The number of benzene rings is 2. The molecule has 3 aromatic rings. The van der Waals surface area contributed by atoms with Crippen LogP contribution in [-0.2, 0) is 6.18 Å². The molecular formula is C15H7ClF5N3. The van der Waals surface area contributed by atoms with Crippen molar-refractivity contribution in [2.24, 2.45) is 0 Å². The van der Waals surface area contributed by atoms with E-state index in [9.17, 15) is 22.0 Å². The highest BCUT2D eigenvalue weighted by molar-refractivity contribution is 6.28. The lowest BCUT2D eigenvalue weighted by atomic mass is 10.2. The Balaban J connectivity index is 2.19. The summed E-state index contributed by atoms with van der Waals surface area (Å²) in [6.45, 7) is 0. The maximum absolute atomic E-state index is 13.8. The summed E-state index contributed by atoms with van der Waals surface area (Å²) >= 11 is 5.83. The molecule has 9 heteroatoms. The van der Waals surface area contributed by atoms with Gasteiger partial charge in [-0.15, -0.1) is 5.10 Å². The fourth-order valence-electron chi connectivity index (χ4n) is 2.16. The number of alkyl halides is 3. The molecule has 0 unspecified atom stereocenters. The summed E-state index contributed by atoms with van der Waals surface area (Å²) in [5.74, 6) is -2.35. The highest BCUT2D eigenvalue weighted by Crippen LogP contribution is 2.35. The van der Waals surface area contributed by atoms with Crippen molar-refractivity contribution in [2.75, 3.05) is 0 Å². The fourth-order valence-corrected chi connectivity index (χ4v) is 2.37. The topological polar surface area (TPSA) is 30.7 Å². The van der Waals surface area contributed by atoms with Crippen molar-refractivity contribution in [3.63, 3.8) is 0 Å². The third-order valence-corrected chi connectivity index (χ3v) is 3.44. The van der Waals surface area contributed by atoms with Crippen LogP contribution in [0.15, 0.2) is 42.5 Å². The SMILES string of the molecule is Fc1cccc(F)c1-c1nc(Cl)n(-c2ccccc2C(F)(F)F)n1. The summed E-state index contributed by atoms with van der Waals surface area (Å²) in [6, 6.07) is 7.64. The molecule has 0 aliphatic rings. The zero-order chi connectivity index (χ0) is 17.5. The van der Waals surface area contributed by atoms with Crippen molar-refractivity contribution in [3.8, 4) is 17.1 Å². The first kappa shape index (κ1) is 16.4. The molecule has 0 saturated carbocycles. The molecule has 0 saturated heterocycles. The number of hydrogen-bond donors (Lipinski definition) is 0. The minimum atomic E-state index is -4.66. The van der Waals surface area contributed by atoms with Gasteiger partial charge in [0.2, 0.25) is 5.28 Å². The molecule has 2 aromatic carbocycles. The smallest absolute Gasteiger partial charge is 0.206 e. The Morgan fingerprint density at radius 1 is 0.917 bits per heavy atom. The second-order valence-corrected chi connectivity index (χ2v) is 5.07. The molecule has 1 aromatic heterocycles. The highest BCUT2D eigenvalue weighted by Gasteiger charge is 2.34. The van der Waals surface area contributed by atoms with E-state index in [0.29, 0.717) is 4.68 Å². The van der Waals surface area contributed by atoms with E-state index in [2.05, 4.69) is 10.1 Å². The molecule has 24 heavy (non-hydrogen) atoms. The van der Waals surface area contributed by atoms with E-state index in [0.717, 1.165) is 30.3 Å². The second kappa shape index (κ2) is 5.86. The van der Waals surface area contributed by atoms with E-state index in [1.165, 1.54) is 12.1 Å². The molecule has 0 N–H and O–H groups in total. The van der Waals surface area contributed by atoms with E-state index in [1.54, 1.807) is 0 Å². The van der Waals surface area contributed by atoms with Crippen LogP contribution in [0.4, 0.5) is 22.0 Å². The van der Waals surface area contributed by atoms with Crippen molar-refractivity contribution in [1.29, 1.82) is 0 Å². The summed E-state index contributed by atoms with van der Waals surface area (Å²) < 4.78 is 67.6. The average molecular weight is 360 g/mol. The van der Waals surface area contributed by atoms with Crippen LogP contribution in [-0.4, -0.2) is 14.8 Å². The van der Waals surface area contributed by atoms with Gasteiger partial charge in [-0.05, 0) is 35.9 Å². The molecule has 3 rings (SSSR count). The molecule has 0 radical (unpaired) electrons. The minimum Gasteiger partial charge on any atom is -0.206 e. The Labute approximate surface area is 137 Å². The van der Waals surface area contributed by atoms with Crippen molar-refractivity contribution < 1.29 is 22.0 Å². The molecule has 0 fully saturated rings. The van der Waals surface area contributed by atoms with Gasteiger partial charge in [-0.3, -0.25) is 0 Å². The summed E-state index contributed by atoms with van der Waals surface area (Å²) in [5, 5.41) is 3.29. The molecule has 3 nitrogen and oxygen atoms in total. The Kier molecular flexibility index (Phi) is 4.00. The van der Waals surface area contributed by atoms with E-state index in [1.807, 2.05) is 0 Å². The predicted molar refractivity (Wildman–Crippen MR) is 76.7 cm³/mol. The Hall–Kier alpha value is -2.48. The first-order valence-electron chi connectivity index (χ1n) is 6.52. The van der Waals surface area contributed by atoms with Gasteiger partial charge in [-0.2, -0.15) is 18.2 Å². The molecule has 0 atom stereocenters. The molecule has 0 aliphatic carbocycles. The van der Waals surface area contributed by atoms with Crippen molar-refractivity contribution >= 4 is 11.6 Å². The van der Waals surface area contributed by atoms with Crippen molar-refractivity contribution in [2.45, 2.75) is 6.18 Å². The van der Waals surface area contributed by atoms with Crippen LogP contribution in [0.3, 0.4) is 0 Å². The normalized spacial score (nSPS) is 11.8. The first-order chi connectivity index (χ1) is 11.3. The van der Waals surface area contributed by atoms with Crippen LogP contribution in [0.25, 0.3) is 17.1 Å². The summed E-state index contributed by atoms with van der Waals surface area (Å²) in [7, 11) is 0. The van der Waals surface area contributed by atoms with Gasteiger partial charge in [0.25, 0.3) is 0 Å². The van der Waals surface area contributed by atoms with E-state index >= 15 is 0 Å². The van der Waals surface area contributed by atoms with Crippen molar-refractivity contribution in [1.82, 2.24) is 14.8 Å². The lowest BCUT2D eigenvalue weighted by molar-refractivity contribution is -0.137. The molecule has 1 heterocycles. The Bertz CT molecular complexity index is 884. The lowest BCUT2D eigenvalue weighted by Gasteiger charge is -2.12. The maximum Gasteiger partial charge on any atom is 0.418 e. The van der Waals surface area contributed by atoms with Gasteiger partial charge in [0.15, 0.2) is 5.82 Å². The van der Waals surface area contributed by atoms with Gasteiger partial charge in [0.1, 0.15) is 11.6 Å². The quantitative estimate of drug-likeness (QED) is 0.610. The monoisotopic (exact) mass is 359 g/mol. The van der Waals surface area contributed by atoms with E-state index < -0.39 is 45.7 Å². The standard InChI is InChI=1S/C15H7ClF5N3/c16-14-22-13(12-9(17)5-3-6-10(12)18)23-24(14)11-7-2-1-4-8(11)15(19,20)21/h1-7H. The number of para-hydroxylation sites is 1. The molecule has 124 valence electrons. The van der Waals surface area contributed by atoms with Crippen LogP contribution < -0.4 is 0 Å². The summed E-state index contributed by atoms with van der Waals surface area (Å²) in [6.07, 6.45) is -4.66. The van der Waals surface area contributed by atoms with Crippen LogP contribution in [0.5, 0.6) is 0 Å². The van der Waals surface area contributed by atoms with Gasteiger partial charge < -0.3 is 0 Å². The summed E-state index contributed by atoms with van der Waals surface area (Å²) in [5.41, 5.74) is -1.97. The summed E-state index contributed by atoms with van der Waals surface area (Å²) in [4.78, 5) is 3.67. The van der Waals surface area contributed by atoms with Crippen molar-refractivity contribution in [3.05, 3.63) is 64.9 Å². The van der Waals surface area contributed by atoms with E-state index in [-0.39, 0.29) is 0 Å². The van der Waals surface area contributed by atoms with Gasteiger partial charge >= 0.3 is 6.18 Å². The van der Waals surface area contributed by atoms with Crippen LogP contribution in [0.2, 0.25) is 5.28 Å². The Morgan fingerprint density at radius 3 is 2.17 bits per heavy atom. The molecule has 0 amide bonds. The zero-order valence-corrected chi connectivity index (χ0v) is 12.4. The third-order valence-electron chi connectivity index (χ3n) is 3.19. The van der Waals surface area contributed by atoms with Gasteiger partial charge in [-0.25, -0.2) is 13.5 Å². The number of hydrogen-bond acceptors (Lipinski definition) is 2. The molecule has 0 aliphatic heterocycles. The van der Waals surface area contributed by atoms with Crippen LogP contribution in [0, 0.1) is 11.6 Å². The molecule has 0 bridgehead atoms. The average Bonchev–Trinajstić information content (AvgIpc) is 2.87. The number of aromatic nitrogens is 3. The number of nitrogens with zero attached hydrogens (tertiary/aromatic N) is 3. The molecule has 0 spiro atoms. The number of rotatable bonds is 2. The van der Waals surface area contributed by atoms with Gasteiger partial charge in [0, 0.05) is 0 Å². The fraction of sp³-hybridized carbons (Fsp3) is 0.0667. The van der Waals surface area contributed by atoms with Gasteiger partial charge in [-0.1, -0.05) is 18.2 Å². The van der Waals surface area contributed by atoms with Crippen LogP contribution >= 0.6 is 11.6 Å².